The Hall–Kier alpha value is -1.35. The molecule has 1 aromatic carbocycles. The Labute approximate surface area is 97.8 Å². The predicted molar refractivity (Wildman–Crippen MR) is 59.7 cm³/mol. The predicted octanol–water partition coefficient (Wildman–Crippen LogP) is 1.68. The van der Waals surface area contributed by atoms with Crippen LogP contribution in [0.4, 0.5) is 0 Å². The van der Waals surface area contributed by atoms with Gasteiger partial charge >= 0.3 is 0 Å². The van der Waals surface area contributed by atoms with Gasteiger partial charge in [0.15, 0.2) is 5.78 Å². The van der Waals surface area contributed by atoms with Gasteiger partial charge in [-0.1, -0.05) is 17.7 Å². The second-order valence-electron chi connectivity index (χ2n) is 4.52. The Balaban J connectivity index is 2.16. The minimum atomic E-state index is -0.311. The summed E-state index contributed by atoms with van der Waals surface area (Å²) in [5.41, 5.74) is 1.35. The van der Waals surface area contributed by atoms with Crippen LogP contribution in [0, 0.1) is 0 Å². The van der Waals surface area contributed by atoms with E-state index < -0.39 is 0 Å². The van der Waals surface area contributed by atoms with Gasteiger partial charge in [-0.2, -0.15) is 0 Å². The molecule has 1 spiro atoms. The maximum Gasteiger partial charge on any atom is 0.221 e. The molecule has 1 heterocycles. The maximum atomic E-state index is 11.9. The van der Waals surface area contributed by atoms with E-state index >= 15 is 0 Å². The number of Topliss-reactive ketones (excluding diaryl/α,β-unsaturated/α-hetero) is 1. The molecule has 2 aliphatic rings. The monoisotopic (exact) mass is 235 g/mol. The van der Waals surface area contributed by atoms with Crippen molar-refractivity contribution in [2.45, 2.75) is 18.3 Å². The van der Waals surface area contributed by atoms with E-state index in [4.69, 9.17) is 11.6 Å². The molecule has 1 aliphatic heterocycles. The second kappa shape index (κ2) is 3.08. The summed E-state index contributed by atoms with van der Waals surface area (Å²) in [4.78, 5) is 23.2. The van der Waals surface area contributed by atoms with E-state index in [1.807, 2.05) is 6.07 Å². The average molecular weight is 236 g/mol. The third-order valence-corrected chi connectivity index (χ3v) is 3.71. The molecule has 4 heteroatoms. The quantitative estimate of drug-likeness (QED) is 0.744. The lowest BCUT2D eigenvalue weighted by atomic mass is 9.81. The van der Waals surface area contributed by atoms with Crippen molar-refractivity contribution >= 4 is 23.3 Å². The molecule has 16 heavy (non-hydrogen) atoms. The van der Waals surface area contributed by atoms with E-state index in [1.165, 1.54) is 0 Å². The van der Waals surface area contributed by atoms with Crippen LogP contribution in [0.1, 0.15) is 28.8 Å². The highest BCUT2D eigenvalue weighted by molar-refractivity contribution is 6.31. The van der Waals surface area contributed by atoms with Crippen LogP contribution in [-0.2, 0) is 10.2 Å². The van der Waals surface area contributed by atoms with Crippen molar-refractivity contribution in [3.8, 4) is 0 Å². The minimum absolute atomic E-state index is 0.0237. The van der Waals surface area contributed by atoms with E-state index in [0.717, 1.165) is 5.56 Å². The molecule has 0 saturated carbocycles. The standard InChI is InChI=1S/C12H10ClNO2/c13-7-1-2-9-8(3-7)10(15)4-12(9)5-11(16)14-6-12/h1-3H,4-6H2,(H,14,16). The molecule has 1 aliphatic carbocycles. The van der Waals surface area contributed by atoms with Gasteiger partial charge in [0.2, 0.25) is 5.91 Å². The molecule has 3 rings (SSSR count). The lowest BCUT2D eigenvalue weighted by Gasteiger charge is -2.20. The summed E-state index contributed by atoms with van der Waals surface area (Å²) in [5.74, 6) is 0.115. The van der Waals surface area contributed by atoms with Gasteiger partial charge in [-0.3, -0.25) is 9.59 Å². The van der Waals surface area contributed by atoms with Crippen molar-refractivity contribution < 1.29 is 9.59 Å². The van der Waals surface area contributed by atoms with Crippen LogP contribution < -0.4 is 5.32 Å². The molecule has 0 radical (unpaired) electrons. The summed E-state index contributed by atoms with van der Waals surface area (Å²) in [6, 6.07) is 5.36. The molecule has 1 fully saturated rings. The van der Waals surface area contributed by atoms with Gasteiger partial charge in [0, 0.05) is 35.4 Å². The van der Waals surface area contributed by atoms with Crippen molar-refractivity contribution in [1.29, 1.82) is 0 Å². The first-order valence-corrected chi connectivity index (χ1v) is 5.58. The third kappa shape index (κ3) is 1.21. The molecule has 1 N–H and O–H groups in total. The fourth-order valence-electron chi connectivity index (χ4n) is 2.72. The molecular formula is C12H10ClNO2. The molecule has 82 valence electrons. The maximum absolute atomic E-state index is 11.9. The lowest BCUT2D eigenvalue weighted by Crippen LogP contribution is -2.26. The number of rotatable bonds is 0. The highest BCUT2D eigenvalue weighted by Gasteiger charge is 2.48. The summed E-state index contributed by atoms with van der Waals surface area (Å²) in [6.07, 6.45) is 0.828. The molecule has 0 bridgehead atoms. The number of hydrogen-bond acceptors (Lipinski definition) is 2. The van der Waals surface area contributed by atoms with Crippen LogP contribution in [0.5, 0.6) is 0 Å². The van der Waals surface area contributed by atoms with Crippen LogP contribution >= 0.6 is 11.6 Å². The van der Waals surface area contributed by atoms with Crippen molar-refractivity contribution in [3.63, 3.8) is 0 Å². The van der Waals surface area contributed by atoms with Crippen LogP contribution in [0.25, 0.3) is 0 Å². The van der Waals surface area contributed by atoms with E-state index in [-0.39, 0.29) is 17.1 Å². The summed E-state index contributed by atoms with van der Waals surface area (Å²) >= 11 is 5.88. The van der Waals surface area contributed by atoms with Crippen molar-refractivity contribution in [3.05, 3.63) is 34.3 Å². The Kier molecular flexibility index (Phi) is 1.89. The number of hydrogen-bond donors (Lipinski definition) is 1. The first-order valence-electron chi connectivity index (χ1n) is 5.21. The summed E-state index contributed by atoms with van der Waals surface area (Å²) in [7, 11) is 0. The molecule has 0 aromatic heterocycles. The Bertz CT molecular complexity index is 512. The Morgan fingerprint density at radius 3 is 2.75 bits per heavy atom. The van der Waals surface area contributed by atoms with Crippen molar-refractivity contribution in [2.75, 3.05) is 6.54 Å². The third-order valence-electron chi connectivity index (χ3n) is 3.48. The molecule has 1 aromatic rings. The number of nitrogens with one attached hydrogen (secondary N) is 1. The van der Waals surface area contributed by atoms with Gasteiger partial charge in [0.05, 0.1) is 0 Å². The first kappa shape index (κ1) is 9.85. The van der Waals surface area contributed by atoms with E-state index in [9.17, 15) is 9.59 Å². The Morgan fingerprint density at radius 2 is 2.06 bits per heavy atom. The zero-order valence-corrected chi connectivity index (χ0v) is 9.30. The van der Waals surface area contributed by atoms with Gasteiger partial charge in [0.25, 0.3) is 0 Å². The number of carbonyl (C=O) groups is 2. The first-order chi connectivity index (χ1) is 7.61. The normalized spacial score (nSPS) is 27.3. The fourth-order valence-corrected chi connectivity index (χ4v) is 2.90. The number of fused-ring (bicyclic) bond motifs is 2. The summed E-state index contributed by atoms with van der Waals surface area (Å²) in [6.45, 7) is 0.562. The van der Waals surface area contributed by atoms with Crippen LogP contribution in [-0.4, -0.2) is 18.2 Å². The van der Waals surface area contributed by atoms with Gasteiger partial charge in [-0.15, -0.1) is 0 Å². The lowest BCUT2D eigenvalue weighted by molar-refractivity contribution is -0.119. The second-order valence-corrected chi connectivity index (χ2v) is 4.96. The number of ketones is 1. The van der Waals surface area contributed by atoms with Crippen LogP contribution in [0.3, 0.4) is 0 Å². The smallest absolute Gasteiger partial charge is 0.221 e. The average Bonchev–Trinajstić information content (AvgIpc) is 2.71. The molecule has 1 saturated heterocycles. The highest BCUT2D eigenvalue weighted by Crippen LogP contribution is 2.43. The van der Waals surface area contributed by atoms with Crippen molar-refractivity contribution in [1.82, 2.24) is 5.32 Å². The van der Waals surface area contributed by atoms with E-state index in [2.05, 4.69) is 5.32 Å². The van der Waals surface area contributed by atoms with Gasteiger partial charge in [-0.05, 0) is 17.7 Å². The van der Waals surface area contributed by atoms with E-state index in [0.29, 0.717) is 30.0 Å². The highest BCUT2D eigenvalue weighted by atomic mass is 35.5. The number of benzene rings is 1. The van der Waals surface area contributed by atoms with Gasteiger partial charge < -0.3 is 5.32 Å². The number of carbonyl (C=O) groups excluding carboxylic acids is 2. The molecule has 1 amide bonds. The largest absolute Gasteiger partial charge is 0.355 e. The number of halogens is 1. The molecular weight excluding hydrogens is 226 g/mol. The summed E-state index contributed by atoms with van der Waals surface area (Å²) in [5, 5.41) is 3.37. The van der Waals surface area contributed by atoms with Gasteiger partial charge in [0.1, 0.15) is 0 Å². The van der Waals surface area contributed by atoms with Crippen LogP contribution in [0.2, 0.25) is 5.02 Å². The van der Waals surface area contributed by atoms with Gasteiger partial charge in [-0.25, -0.2) is 0 Å². The van der Waals surface area contributed by atoms with E-state index in [1.54, 1.807) is 12.1 Å². The zero-order chi connectivity index (χ0) is 11.3. The number of amides is 1. The SMILES string of the molecule is O=C1CC2(CN1)CC(=O)c1cc(Cl)ccc12. The fraction of sp³-hybridized carbons (Fsp3) is 0.333. The van der Waals surface area contributed by atoms with Crippen LogP contribution in [0.15, 0.2) is 18.2 Å². The summed E-state index contributed by atoms with van der Waals surface area (Å²) < 4.78 is 0. The molecule has 3 nitrogen and oxygen atoms in total. The molecule has 1 unspecified atom stereocenters. The molecule has 1 atom stereocenters. The Morgan fingerprint density at radius 1 is 1.25 bits per heavy atom. The zero-order valence-electron chi connectivity index (χ0n) is 8.55. The minimum Gasteiger partial charge on any atom is -0.355 e. The topological polar surface area (TPSA) is 46.2 Å². The van der Waals surface area contributed by atoms with Crippen molar-refractivity contribution in [2.24, 2.45) is 0 Å².